The van der Waals surface area contributed by atoms with Crippen molar-refractivity contribution in [2.75, 3.05) is 38.1 Å². The lowest BCUT2D eigenvalue weighted by Gasteiger charge is -2.35. The van der Waals surface area contributed by atoms with Crippen LogP contribution in [0.4, 0.5) is 5.69 Å². The van der Waals surface area contributed by atoms with Crippen LogP contribution < -0.4 is 4.90 Å². The van der Waals surface area contributed by atoms with E-state index in [-0.39, 0.29) is 36.7 Å². The van der Waals surface area contributed by atoms with Gasteiger partial charge in [-0.05, 0) is 36.6 Å². The van der Waals surface area contributed by atoms with Crippen LogP contribution in [0, 0.1) is 5.92 Å². The Morgan fingerprint density at radius 1 is 1.03 bits per heavy atom. The molecule has 1 fully saturated rings. The molecule has 192 valence electrons. The second-order valence-corrected chi connectivity index (χ2v) is 9.64. The van der Waals surface area contributed by atoms with E-state index in [0.717, 1.165) is 11.3 Å². The van der Waals surface area contributed by atoms with Gasteiger partial charge in [0.2, 0.25) is 5.91 Å². The standard InChI is InChI=1S/C28H31N5O4/c1-30(19-24(34)20-7-3-2-4-8-20)26(35)21-11-15-31(16-12-21)23-10-5-9-22-25(23)28(37)33(27(22)36)18-17-32-14-6-13-29-32/h2-10,13-14,21,24,34H,11-12,15-19H2,1H3/t24-/m0/s1. The van der Waals surface area contributed by atoms with Gasteiger partial charge < -0.3 is 14.9 Å². The van der Waals surface area contributed by atoms with E-state index >= 15 is 0 Å². The Hall–Kier alpha value is -3.98. The van der Waals surface area contributed by atoms with Gasteiger partial charge in [-0.15, -0.1) is 0 Å². The van der Waals surface area contributed by atoms with Gasteiger partial charge in [-0.1, -0.05) is 36.4 Å². The van der Waals surface area contributed by atoms with Crippen LogP contribution in [-0.2, 0) is 11.3 Å². The third-order valence-electron chi connectivity index (χ3n) is 7.28. The molecule has 1 atom stereocenters. The Labute approximate surface area is 215 Å². The van der Waals surface area contributed by atoms with Crippen molar-refractivity contribution in [1.82, 2.24) is 19.6 Å². The summed E-state index contributed by atoms with van der Waals surface area (Å²) in [5, 5.41) is 14.7. The summed E-state index contributed by atoms with van der Waals surface area (Å²) in [6, 6.07) is 16.5. The van der Waals surface area contributed by atoms with Crippen LogP contribution in [0.3, 0.4) is 0 Å². The Morgan fingerprint density at radius 3 is 2.49 bits per heavy atom. The van der Waals surface area contributed by atoms with Crippen molar-refractivity contribution in [2.24, 2.45) is 5.92 Å². The highest BCUT2D eigenvalue weighted by Gasteiger charge is 2.39. The Balaban J connectivity index is 1.21. The summed E-state index contributed by atoms with van der Waals surface area (Å²) in [7, 11) is 1.73. The first-order chi connectivity index (χ1) is 17.9. The minimum Gasteiger partial charge on any atom is -0.387 e. The van der Waals surface area contributed by atoms with E-state index < -0.39 is 6.10 Å². The van der Waals surface area contributed by atoms with E-state index in [9.17, 15) is 19.5 Å². The summed E-state index contributed by atoms with van der Waals surface area (Å²) in [5.41, 5.74) is 2.40. The fraction of sp³-hybridized carbons (Fsp3) is 0.357. The Bertz CT molecular complexity index is 1270. The number of piperidine rings is 1. The number of aliphatic hydroxyl groups is 1. The molecule has 2 aliphatic heterocycles. The quantitative estimate of drug-likeness (QED) is 0.477. The Morgan fingerprint density at radius 2 is 1.78 bits per heavy atom. The number of benzene rings is 2. The van der Waals surface area contributed by atoms with Crippen molar-refractivity contribution in [1.29, 1.82) is 0 Å². The molecule has 1 N–H and O–H groups in total. The van der Waals surface area contributed by atoms with Gasteiger partial charge in [0.15, 0.2) is 0 Å². The summed E-state index contributed by atoms with van der Waals surface area (Å²) in [6.07, 6.45) is 4.01. The zero-order chi connectivity index (χ0) is 25.9. The molecule has 2 aliphatic rings. The number of anilines is 1. The maximum Gasteiger partial charge on any atom is 0.263 e. The number of nitrogens with zero attached hydrogens (tertiary/aromatic N) is 5. The predicted octanol–water partition coefficient (Wildman–Crippen LogP) is 2.59. The summed E-state index contributed by atoms with van der Waals surface area (Å²) in [6.45, 7) is 2.15. The molecular formula is C28H31N5O4. The first-order valence-electron chi connectivity index (χ1n) is 12.6. The molecule has 0 radical (unpaired) electrons. The molecule has 0 bridgehead atoms. The number of carbonyl (C=O) groups is 3. The van der Waals surface area contributed by atoms with Crippen molar-refractivity contribution < 1.29 is 19.5 Å². The minimum atomic E-state index is -0.734. The lowest BCUT2D eigenvalue weighted by Crippen LogP contribution is -2.42. The van der Waals surface area contributed by atoms with Crippen LogP contribution >= 0.6 is 0 Å². The molecule has 1 saturated heterocycles. The van der Waals surface area contributed by atoms with Gasteiger partial charge in [0, 0.05) is 45.0 Å². The van der Waals surface area contributed by atoms with E-state index in [4.69, 9.17) is 0 Å². The monoisotopic (exact) mass is 501 g/mol. The third kappa shape index (κ3) is 4.99. The highest BCUT2D eigenvalue weighted by atomic mass is 16.3. The van der Waals surface area contributed by atoms with Crippen LogP contribution in [0.15, 0.2) is 67.0 Å². The first kappa shape index (κ1) is 24.7. The SMILES string of the molecule is CN(C[C@H](O)c1ccccc1)C(=O)C1CCN(c2cccc3c2C(=O)N(CCn2cccn2)C3=O)CC1. The van der Waals surface area contributed by atoms with E-state index in [1.165, 1.54) is 4.90 Å². The van der Waals surface area contributed by atoms with E-state index in [0.29, 0.717) is 43.6 Å². The van der Waals surface area contributed by atoms with Crippen LogP contribution in [0.5, 0.6) is 0 Å². The lowest BCUT2D eigenvalue weighted by molar-refractivity contribution is -0.136. The van der Waals surface area contributed by atoms with Gasteiger partial charge in [-0.25, -0.2) is 0 Å². The number of carbonyl (C=O) groups excluding carboxylic acids is 3. The van der Waals surface area contributed by atoms with Crippen molar-refractivity contribution in [3.05, 3.63) is 83.7 Å². The zero-order valence-electron chi connectivity index (χ0n) is 20.9. The maximum absolute atomic E-state index is 13.3. The van der Waals surface area contributed by atoms with Gasteiger partial charge >= 0.3 is 0 Å². The molecule has 9 heteroatoms. The lowest BCUT2D eigenvalue weighted by atomic mass is 9.94. The number of aromatic nitrogens is 2. The average Bonchev–Trinajstić information content (AvgIpc) is 3.54. The zero-order valence-corrected chi connectivity index (χ0v) is 20.9. The molecule has 3 aromatic rings. The second kappa shape index (κ2) is 10.6. The fourth-order valence-electron chi connectivity index (χ4n) is 5.23. The largest absolute Gasteiger partial charge is 0.387 e. The van der Waals surface area contributed by atoms with E-state index in [1.807, 2.05) is 42.5 Å². The van der Waals surface area contributed by atoms with E-state index in [1.54, 1.807) is 41.2 Å². The molecule has 37 heavy (non-hydrogen) atoms. The summed E-state index contributed by atoms with van der Waals surface area (Å²) in [5.74, 6) is -0.693. The molecule has 0 aliphatic carbocycles. The molecule has 3 amide bonds. The highest BCUT2D eigenvalue weighted by molar-refractivity contribution is 6.23. The van der Waals surface area contributed by atoms with Gasteiger partial charge in [0.25, 0.3) is 11.8 Å². The molecule has 0 unspecified atom stereocenters. The number of hydrogen-bond donors (Lipinski definition) is 1. The molecule has 3 heterocycles. The van der Waals surface area contributed by atoms with Crippen LogP contribution in [-0.4, -0.2) is 75.6 Å². The third-order valence-corrected chi connectivity index (χ3v) is 7.28. The summed E-state index contributed by atoms with van der Waals surface area (Å²) >= 11 is 0. The number of likely N-dealkylation sites (N-methyl/N-ethyl adjacent to an activating group) is 1. The fourth-order valence-corrected chi connectivity index (χ4v) is 5.23. The number of imide groups is 1. The number of amides is 3. The normalized spacial score (nSPS) is 16.7. The van der Waals surface area contributed by atoms with Crippen LogP contribution in [0.25, 0.3) is 0 Å². The summed E-state index contributed by atoms with van der Waals surface area (Å²) < 4.78 is 1.70. The number of aliphatic hydroxyl groups excluding tert-OH is 1. The molecular weight excluding hydrogens is 470 g/mol. The van der Waals surface area contributed by atoms with Gasteiger partial charge in [0.05, 0.1) is 36.0 Å². The predicted molar refractivity (Wildman–Crippen MR) is 138 cm³/mol. The van der Waals surface area contributed by atoms with E-state index in [2.05, 4.69) is 10.00 Å². The molecule has 0 spiro atoms. The second-order valence-electron chi connectivity index (χ2n) is 9.64. The first-order valence-corrected chi connectivity index (χ1v) is 12.6. The number of hydrogen-bond acceptors (Lipinski definition) is 6. The maximum atomic E-state index is 13.3. The van der Waals surface area contributed by atoms with Crippen molar-refractivity contribution >= 4 is 23.4 Å². The number of fused-ring (bicyclic) bond motifs is 1. The smallest absolute Gasteiger partial charge is 0.263 e. The molecule has 5 rings (SSSR count). The van der Waals surface area contributed by atoms with Crippen molar-refractivity contribution in [2.45, 2.75) is 25.5 Å². The minimum absolute atomic E-state index is 0.0176. The van der Waals surface area contributed by atoms with Crippen LogP contribution in [0.2, 0.25) is 0 Å². The van der Waals surface area contributed by atoms with Crippen molar-refractivity contribution in [3.8, 4) is 0 Å². The van der Waals surface area contributed by atoms with Crippen LogP contribution in [0.1, 0.15) is 45.2 Å². The highest BCUT2D eigenvalue weighted by Crippen LogP contribution is 2.34. The molecule has 2 aromatic carbocycles. The molecule has 0 saturated carbocycles. The molecule has 1 aromatic heterocycles. The summed E-state index contributed by atoms with van der Waals surface area (Å²) in [4.78, 5) is 44.4. The average molecular weight is 502 g/mol. The van der Waals surface area contributed by atoms with Gasteiger partial charge in [-0.3, -0.25) is 24.0 Å². The van der Waals surface area contributed by atoms with Gasteiger partial charge in [0.1, 0.15) is 0 Å². The number of rotatable bonds is 8. The molecule has 9 nitrogen and oxygen atoms in total. The van der Waals surface area contributed by atoms with Gasteiger partial charge in [-0.2, -0.15) is 5.10 Å². The topological polar surface area (TPSA) is 99.0 Å². The Kier molecular flexibility index (Phi) is 7.05. The van der Waals surface area contributed by atoms with Crippen molar-refractivity contribution in [3.63, 3.8) is 0 Å².